The van der Waals surface area contributed by atoms with Crippen molar-refractivity contribution in [2.24, 2.45) is 5.92 Å². The van der Waals surface area contributed by atoms with Crippen LogP contribution in [0.15, 0.2) is 54.6 Å². The molecule has 5 rings (SSSR count). The zero-order valence-corrected chi connectivity index (χ0v) is 20.3. The summed E-state index contributed by atoms with van der Waals surface area (Å²) >= 11 is 0. The number of anilines is 1. The topological polar surface area (TPSA) is 102 Å². The molecule has 2 aliphatic rings. The standard InChI is InChI=1S/C27H29N5O4/c1-19-24(17-20-7-9-23(10-8-20)32(34)35)26(29-25(28-19)21-5-3-2-4-6-21)30-12-14-31(15-13-30)27(33)22-11-16-36-18-22/h2-10,22H,11-18H2,1H3/t22-/m1/s1. The Morgan fingerprint density at radius 1 is 1.06 bits per heavy atom. The molecule has 3 aromatic rings. The molecule has 9 heteroatoms. The summed E-state index contributed by atoms with van der Waals surface area (Å²) in [5, 5.41) is 11.1. The van der Waals surface area contributed by atoms with Gasteiger partial charge in [0.1, 0.15) is 5.82 Å². The molecule has 186 valence electrons. The summed E-state index contributed by atoms with van der Waals surface area (Å²) in [6, 6.07) is 16.5. The Kier molecular flexibility index (Phi) is 6.90. The van der Waals surface area contributed by atoms with Gasteiger partial charge in [0, 0.05) is 68.2 Å². The first-order valence-corrected chi connectivity index (χ1v) is 12.3. The highest BCUT2D eigenvalue weighted by Crippen LogP contribution is 2.29. The molecular weight excluding hydrogens is 458 g/mol. The van der Waals surface area contributed by atoms with Crippen LogP contribution in [0.1, 0.15) is 23.2 Å². The van der Waals surface area contributed by atoms with Crippen molar-refractivity contribution in [3.05, 3.63) is 81.5 Å². The van der Waals surface area contributed by atoms with Gasteiger partial charge in [-0.15, -0.1) is 0 Å². The minimum Gasteiger partial charge on any atom is -0.381 e. The molecule has 1 atom stereocenters. The Labute approximate surface area is 209 Å². The van der Waals surface area contributed by atoms with Crippen LogP contribution in [0.25, 0.3) is 11.4 Å². The highest BCUT2D eigenvalue weighted by molar-refractivity contribution is 5.79. The van der Waals surface area contributed by atoms with Crippen LogP contribution in [-0.2, 0) is 16.0 Å². The summed E-state index contributed by atoms with van der Waals surface area (Å²) in [5.41, 5.74) is 3.83. The van der Waals surface area contributed by atoms with E-state index >= 15 is 0 Å². The number of hydrogen-bond acceptors (Lipinski definition) is 7. The molecule has 0 aliphatic carbocycles. The van der Waals surface area contributed by atoms with Gasteiger partial charge in [-0.2, -0.15) is 0 Å². The van der Waals surface area contributed by atoms with Crippen molar-refractivity contribution >= 4 is 17.4 Å². The van der Waals surface area contributed by atoms with Crippen LogP contribution in [-0.4, -0.2) is 65.1 Å². The van der Waals surface area contributed by atoms with Gasteiger partial charge in [0.2, 0.25) is 5.91 Å². The third-order valence-corrected chi connectivity index (χ3v) is 6.92. The Bertz CT molecular complexity index is 1240. The molecule has 2 fully saturated rings. The number of benzene rings is 2. The number of nitro benzene ring substituents is 1. The second kappa shape index (κ2) is 10.4. The van der Waals surface area contributed by atoms with Crippen molar-refractivity contribution in [2.75, 3.05) is 44.3 Å². The Morgan fingerprint density at radius 2 is 1.78 bits per heavy atom. The zero-order valence-electron chi connectivity index (χ0n) is 20.3. The van der Waals surface area contributed by atoms with Crippen LogP contribution in [0.4, 0.5) is 11.5 Å². The number of piperazine rings is 1. The number of ether oxygens (including phenoxy) is 1. The van der Waals surface area contributed by atoms with Crippen LogP contribution < -0.4 is 4.90 Å². The van der Waals surface area contributed by atoms with Crippen LogP contribution in [0.5, 0.6) is 0 Å². The third kappa shape index (κ3) is 5.06. The van der Waals surface area contributed by atoms with Gasteiger partial charge in [0.15, 0.2) is 5.82 Å². The van der Waals surface area contributed by atoms with Gasteiger partial charge in [-0.1, -0.05) is 42.5 Å². The van der Waals surface area contributed by atoms with Crippen molar-refractivity contribution in [2.45, 2.75) is 19.8 Å². The monoisotopic (exact) mass is 487 g/mol. The molecule has 0 N–H and O–H groups in total. The van der Waals surface area contributed by atoms with E-state index in [0.717, 1.165) is 34.6 Å². The Hall–Kier alpha value is -3.85. The fraction of sp³-hybridized carbons (Fsp3) is 0.370. The van der Waals surface area contributed by atoms with Crippen LogP contribution >= 0.6 is 0 Å². The van der Waals surface area contributed by atoms with E-state index in [1.165, 1.54) is 12.1 Å². The third-order valence-electron chi connectivity index (χ3n) is 6.92. The summed E-state index contributed by atoms with van der Waals surface area (Å²) in [5.74, 6) is 1.68. The second-order valence-corrected chi connectivity index (χ2v) is 9.27. The fourth-order valence-electron chi connectivity index (χ4n) is 4.83. The smallest absolute Gasteiger partial charge is 0.269 e. The van der Waals surface area contributed by atoms with Crippen molar-refractivity contribution < 1.29 is 14.5 Å². The summed E-state index contributed by atoms with van der Waals surface area (Å²) in [6.07, 6.45) is 1.36. The van der Waals surface area contributed by atoms with Gasteiger partial charge in [0.25, 0.3) is 5.69 Å². The number of aryl methyl sites for hydroxylation is 1. The van der Waals surface area contributed by atoms with Gasteiger partial charge >= 0.3 is 0 Å². The molecule has 9 nitrogen and oxygen atoms in total. The van der Waals surface area contributed by atoms with Crippen LogP contribution in [0.2, 0.25) is 0 Å². The number of nitro groups is 1. The van der Waals surface area contributed by atoms with Crippen molar-refractivity contribution in [3.63, 3.8) is 0 Å². The number of carbonyl (C=O) groups excluding carboxylic acids is 1. The number of nitrogens with zero attached hydrogens (tertiary/aromatic N) is 5. The molecule has 0 saturated carbocycles. The van der Waals surface area contributed by atoms with Crippen molar-refractivity contribution in [1.82, 2.24) is 14.9 Å². The van der Waals surface area contributed by atoms with Crippen LogP contribution in [0, 0.1) is 23.0 Å². The molecular formula is C27H29N5O4. The minimum atomic E-state index is -0.392. The molecule has 1 amide bonds. The number of aromatic nitrogens is 2. The van der Waals surface area contributed by atoms with E-state index in [2.05, 4.69) is 4.90 Å². The Balaban J connectivity index is 1.43. The lowest BCUT2D eigenvalue weighted by molar-refractivity contribution is -0.384. The number of amides is 1. The van der Waals surface area contributed by atoms with Gasteiger partial charge < -0.3 is 14.5 Å². The molecule has 0 spiro atoms. The van der Waals surface area contributed by atoms with Crippen molar-refractivity contribution in [1.29, 1.82) is 0 Å². The maximum atomic E-state index is 12.9. The molecule has 3 heterocycles. The summed E-state index contributed by atoms with van der Waals surface area (Å²) < 4.78 is 5.41. The maximum Gasteiger partial charge on any atom is 0.269 e. The van der Waals surface area contributed by atoms with E-state index in [4.69, 9.17) is 14.7 Å². The van der Waals surface area contributed by atoms with E-state index in [-0.39, 0.29) is 17.5 Å². The normalized spacial score (nSPS) is 17.9. The first-order valence-electron chi connectivity index (χ1n) is 12.3. The number of carbonyl (C=O) groups is 1. The number of non-ortho nitro benzene ring substituents is 1. The van der Waals surface area contributed by atoms with Gasteiger partial charge in [-0.05, 0) is 18.9 Å². The lowest BCUT2D eigenvalue weighted by atomic mass is 10.0. The number of hydrogen-bond donors (Lipinski definition) is 0. The largest absolute Gasteiger partial charge is 0.381 e. The van der Waals surface area contributed by atoms with Gasteiger partial charge in [-0.25, -0.2) is 9.97 Å². The van der Waals surface area contributed by atoms with Gasteiger partial charge in [-0.3, -0.25) is 14.9 Å². The van der Waals surface area contributed by atoms with Crippen LogP contribution in [0.3, 0.4) is 0 Å². The lowest BCUT2D eigenvalue weighted by Crippen LogP contribution is -2.51. The number of rotatable bonds is 6. The first-order chi connectivity index (χ1) is 17.5. The summed E-state index contributed by atoms with van der Waals surface area (Å²) in [6.45, 7) is 5.79. The predicted octanol–water partition coefficient (Wildman–Crippen LogP) is 3.64. The quantitative estimate of drug-likeness (QED) is 0.386. The molecule has 0 radical (unpaired) electrons. The van der Waals surface area contributed by atoms with E-state index < -0.39 is 4.92 Å². The fourth-order valence-corrected chi connectivity index (χ4v) is 4.83. The van der Waals surface area contributed by atoms with E-state index in [1.807, 2.05) is 42.2 Å². The first kappa shape index (κ1) is 23.9. The molecule has 1 aromatic heterocycles. The second-order valence-electron chi connectivity index (χ2n) is 9.27. The molecule has 36 heavy (non-hydrogen) atoms. The van der Waals surface area contributed by atoms with E-state index in [9.17, 15) is 14.9 Å². The highest BCUT2D eigenvalue weighted by atomic mass is 16.6. The average molecular weight is 488 g/mol. The summed E-state index contributed by atoms with van der Waals surface area (Å²) in [4.78, 5) is 37.5. The molecule has 2 aliphatic heterocycles. The zero-order chi connectivity index (χ0) is 25.1. The lowest BCUT2D eigenvalue weighted by Gasteiger charge is -2.37. The van der Waals surface area contributed by atoms with Crippen molar-refractivity contribution in [3.8, 4) is 11.4 Å². The molecule has 2 aromatic carbocycles. The molecule has 2 saturated heterocycles. The average Bonchev–Trinajstić information content (AvgIpc) is 3.45. The van der Waals surface area contributed by atoms with E-state index in [0.29, 0.717) is 51.6 Å². The minimum absolute atomic E-state index is 0.0276. The molecule has 0 unspecified atom stereocenters. The Morgan fingerprint density at radius 3 is 2.42 bits per heavy atom. The molecule has 0 bridgehead atoms. The SMILES string of the molecule is Cc1nc(-c2ccccc2)nc(N2CCN(C(=O)[C@@H]3CCOC3)CC2)c1Cc1ccc([N+](=O)[O-])cc1. The predicted molar refractivity (Wildman–Crippen MR) is 136 cm³/mol. The maximum absolute atomic E-state index is 12.9. The van der Waals surface area contributed by atoms with Gasteiger partial charge in [0.05, 0.1) is 17.4 Å². The highest BCUT2D eigenvalue weighted by Gasteiger charge is 2.31. The summed E-state index contributed by atoms with van der Waals surface area (Å²) in [7, 11) is 0. The van der Waals surface area contributed by atoms with E-state index in [1.54, 1.807) is 12.1 Å².